The molecule has 0 amide bonds. The first-order chi connectivity index (χ1) is 7.67. The van der Waals surface area contributed by atoms with Crippen LogP contribution in [0.3, 0.4) is 0 Å². The lowest BCUT2D eigenvalue weighted by atomic mass is 9.99. The molecule has 0 rings (SSSR count). The van der Waals surface area contributed by atoms with E-state index in [-0.39, 0.29) is 5.54 Å². The molecule has 0 aliphatic rings. The molecule has 1 unspecified atom stereocenters. The fourth-order valence-electron chi connectivity index (χ4n) is 2.17. The second-order valence-corrected chi connectivity index (χ2v) is 6.92. The van der Waals surface area contributed by atoms with Crippen LogP contribution < -0.4 is 5.32 Å². The second kappa shape index (κ2) is 7.38. The number of hydrogen-bond acceptors (Lipinski definition) is 2. The lowest BCUT2D eigenvalue weighted by molar-refractivity contribution is 0.135. The molecule has 0 heterocycles. The summed E-state index contributed by atoms with van der Waals surface area (Å²) in [7, 11) is 0. The van der Waals surface area contributed by atoms with Gasteiger partial charge in [0.05, 0.1) is 0 Å². The molecule has 1 atom stereocenters. The summed E-state index contributed by atoms with van der Waals surface area (Å²) in [6, 6.07) is 0.640. The molecule has 0 fully saturated rings. The third-order valence-electron chi connectivity index (χ3n) is 3.09. The molecule has 0 saturated heterocycles. The maximum atomic E-state index is 3.65. The van der Waals surface area contributed by atoms with Crippen molar-refractivity contribution in [3.8, 4) is 0 Å². The van der Waals surface area contributed by atoms with Crippen molar-refractivity contribution in [3.05, 3.63) is 0 Å². The first kappa shape index (κ1) is 16.9. The molecule has 104 valence electrons. The molecule has 0 spiro atoms. The van der Waals surface area contributed by atoms with Gasteiger partial charge in [0.15, 0.2) is 0 Å². The molecule has 0 radical (unpaired) electrons. The predicted molar refractivity (Wildman–Crippen MR) is 78.5 cm³/mol. The fraction of sp³-hybridized carbons (Fsp3) is 1.00. The molecular formula is C15H34N2. The summed E-state index contributed by atoms with van der Waals surface area (Å²) >= 11 is 0. The zero-order valence-corrected chi connectivity index (χ0v) is 13.3. The van der Waals surface area contributed by atoms with Gasteiger partial charge in [0.2, 0.25) is 0 Å². The van der Waals surface area contributed by atoms with Gasteiger partial charge >= 0.3 is 0 Å². The van der Waals surface area contributed by atoms with Crippen LogP contribution in [0.2, 0.25) is 0 Å². The Morgan fingerprint density at radius 1 is 1.06 bits per heavy atom. The zero-order chi connectivity index (χ0) is 13.6. The first-order valence-corrected chi connectivity index (χ1v) is 7.16. The Bertz CT molecular complexity index is 192. The number of likely N-dealkylation sites (N-methyl/N-ethyl adjacent to an activating group) is 1. The Hall–Kier alpha value is -0.0800. The summed E-state index contributed by atoms with van der Waals surface area (Å²) in [4.78, 5) is 2.62. The highest BCUT2D eigenvalue weighted by Crippen LogP contribution is 2.13. The van der Waals surface area contributed by atoms with Gasteiger partial charge in [-0.3, -0.25) is 4.90 Å². The van der Waals surface area contributed by atoms with Gasteiger partial charge < -0.3 is 5.32 Å². The second-order valence-electron chi connectivity index (χ2n) is 6.92. The van der Waals surface area contributed by atoms with E-state index in [0.717, 1.165) is 19.0 Å². The van der Waals surface area contributed by atoms with Crippen LogP contribution in [0.1, 0.15) is 55.4 Å². The molecular weight excluding hydrogens is 208 g/mol. The molecule has 0 aliphatic heterocycles. The Labute approximate surface area is 109 Å². The topological polar surface area (TPSA) is 15.3 Å². The van der Waals surface area contributed by atoms with Crippen molar-refractivity contribution in [2.24, 2.45) is 11.8 Å². The summed E-state index contributed by atoms with van der Waals surface area (Å²) in [5.41, 5.74) is 0.213. The molecule has 0 saturated carbocycles. The molecule has 2 heteroatoms. The van der Waals surface area contributed by atoms with Gasteiger partial charge in [-0.15, -0.1) is 0 Å². The summed E-state index contributed by atoms with van der Waals surface area (Å²) in [5.74, 6) is 1.44. The number of hydrogen-bond donors (Lipinski definition) is 1. The average molecular weight is 242 g/mol. The van der Waals surface area contributed by atoms with E-state index in [4.69, 9.17) is 0 Å². The molecule has 0 aromatic heterocycles. The molecule has 1 N–H and O–H groups in total. The standard InChI is InChI=1S/C15H34N2/c1-9-17(11-12(2)3)14(13(4)5)10-16-15(6,7)8/h12-14,16H,9-11H2,1-8H3. The van der Waals surface area contributed by atoms with Crippen LogP contribution in [-0.2, 0) is 0 Å². The molecule has 0 bridgehead atoms. The fourth-order valence-corrected chi connectivity index (χ4v) is 2.17. The van der Waals surface area contributed by atoms with E-state index < -0.39 is 0 Å². The van der Waals surface area contributed by atoms with Gasteiger partial charge in [-0.2, -0.15) is 0 Å². The largest absolute Gasteiger partial charge is 0.311 e. The highest BCUT2D eigenvalue weighted by molar-refractivity contribution is 4.81. The van der Waals surface area contributed by atoms with Crippen LogP contribution >= 0.6 is 0 Å². The van der Waals surface area contributed by atoms with Crippen molar-refractivity contribution in [2.45, 2.75) is 67.0 Å². The molecule has 0 aliphatic carbocycles. The van der Waals surface area contributed by atoms with Crippen molar-refractivity contribution in [1.82, 2.24) is 10.2 Å². The third-order valence-corrected chi connectivity index (χ3v) is 3.09. The lowest BCUT2D eigenvalue weighted by Gasteiger charge is -2.37. The molecule has 0 aromatic carbocycles. The quantitative estimate of drug-likeness (QED) is 0.736. The molecule has 0 aromatic rings. The van der Waals surface area contributed by atoms with Gasteiger partial charge in [-0.05, 0) is 39.2 Å². The minimum absolute atomic E-state index is 0.213. The van der Waals surface area contributed by atoms with Gasteiger partial charge in [0.1, 0.15) is 0 Å². The molecule has 2 nitrogen and oxygen atoms in total. The summed E-state index contributed by atoms with van der Waals surface area (Å²) in [5, 5.41) is 3.65. The van der Waals surface area contributed by atoms with Crippen molar-refractivity contribution in [1.29, 1.82) is 0 Å². The third kappa shape index (κ3) is 7.77. The van der Waals surface area contributed by atoms with E-state index in [9.17, 15) is 0 Å². The summed E-state index contributed by atoms with van der Waals surface area (Å²) in [6.45, 7) is 21.7. The first-order valence-electron chi connectivity index (χ1n) is 7.16. The van der Waals surface area contributed by atoms with Crippen LogP contribution in [0, 0.1) is 11.8 Å². The maximum absolute atomic E-state index is 3.65. The van der Waals surface area contributed by atoms with Crippen LogP contribution in [-0.4, -0.2) is 36.1 Å². The number of nitrogens with zero attached hydrogens (tertiary/aromatic N) is 1. The van der Waals surface area contributed by atoms with Crippen LogP contribution in [0.25, 0.3) is 0 Å². The predicted octanol–water partition coefficient (Wildman–Crippen LogP) is 3.38. The van der Waals surface area contributed by atoms with E-state index in [2.05, 4.69) is 65.6 Å². The van der Waals surface area contributed by atoms with Gasteiger partial charge in [0.25, 0.3) is 0 Å². The van der Waals surface area contributed by atoms with E-state index in [1.807, 2.05) is 0 Å². The Morgan fingerprint density at radius 2 is 1.59 bits per heavy atom. The maximum Gasteiger partial charge on any atom is 0.0243 e. The molecule has 17 heavy (non-hydrogen) atoms. The van der Waals surface area contributed by atoms with E-state index >= 15 is 0 Å². The Balaban J connectivity index is 4.47. The number of nitrogens with one attached hydrogen (secondary N) is 1. The minimum atomic E-state index is 0.213. The van der Waals surface area contributed by atoms with Crippen molar-refractivity contribution in [2.75, 3.05) is 19.6 Å². The minimum Gasteiger partial charge on any atom is -0.311 e. The van der Waals surface area contributed by atoms with Crippen LogP contribution in [0.15, 0.2) is 0 Å². The monoisotopic (exact) mass is 242 g/mol. The smallest absolute Gasteiger partial charge is 0.0243 e. The SMILES string of the molecule is CCN(CC(C)C)C(CNC(C)(C)C)C(C)C. The zero-order valence-electron chi connectivity index (χ0n) is 13.3. The highest BCUT2D eigenvalue weighted by atomic mass is 15.2. The Morgan fingerprint density at radius 3 is 1.88 bits per heavy atom. The van der Waals surface area contributed by atoms with Crippen molar-refractivity contribution >= 4 is 0 Å². The van der Waals surface area contributed by atoms with Gasteiger partial charge in [-0.1, -0.05) is 34.6 Å². The van der Waals surface area contributed by atoms with Crippen LogP contribution in [0.4, 0.5) is 0 Å². The van der Waals surface area contributed by atoms with Crippen molar-refractivity contribution in [3.63, 3.8) is 0 Å². The van der Waals surface area contributed by atoms with Gasteiger partial charge in [0, 0.05) is 24.7 Å². The summed E-state index contributed by atoms with van der Waals surface area (Å²) < 4.78 is 0. The van der Waals surface area contributed by atoms with E-state index in [0.29, 0.717) is 12.0 Å². The Kier molecular flexibility index (Phi) is 7.34. The number of rotatable bonds is 7. The lowest BCUT2D eigenvalue weighted by Crippen LogP contribution is -2.50. The summed E-state index contributed by atoms with van der Waals surface area (Å²) in [6.07, 6.45) is 0. The average Bonchev–Trinajstić information content (AvgIpc) is 2.13. The van der Waals surface area contributed by atoms with E-state index in [1.165, 1.54) is 6.54 Å². The van der Waals surface area contributed by atoms with E-state index in [1.54, 1.807) is 0 Å². The van der Waals surface area contributed by atoms with Gasteiger partial charge in [-0.25, -0.2) is 0 Å². The highest BCUT2D eigenvalue weighted by Gasteiger charge is 2.22. The van der Waals surface area contributed by atoms with Crippen LogP contribution in [0.5, 0.6) is 0 Å². The normalized spacial score (nSPS) is 15.0. The van der Waals surface area contributed by atoms with Crippen molar-refractivity contribution < 1.29 is 0 Å².